The lowest BCUT2D eigenvalue weighted by atomic mass is 9.91. The van der Waals surface area contributed by atoms with Crippen molar-refractivity contribution in [1.29, 1.82) is 0 Å². The number of ether oxygens (including phenoxy) is 1. The average Bonchev–Trinajstić information content (AvgIpc) is 2.69. The van der Waals surface area contributed by atoms with Crippen LogP contribution in [0.3, 0.4) is 0 Å². The Morgan fingerprint density at radius 1 is 1.03 bits per heavy atom. The molecule has 0 bridgehead atoms. The maximum atomic E-state index is 6.16. The number of likely N-dealkylation sites (tertiary alicyclic amines) is 1. The topological polar surface area (TPSA) is 25.4 Å². The van der Waals surface area contributed by atoms with Crippen LogP contribution in [-0.2, 0) is 19.4 Å². The first-order chi connectivity index (χ1) is 14.0. The third-order valence-corrected chi connectivity index (χ3v) is 6.17. The Morgan fingerprint density at radius 3 is 2.21 bits per heavy atom. The van der Waals surface area contributed by atoms with Gasteiger partial charge in [0.2, 0.25) is 0 Å². The molecule has 3 nitrogen and oxygen atoms in total. The summed E-state index contributed by atoms with van der Waals surface area (Å²) in [6.07, 6.45) is 3.36. The molecule has 1 aromatic heterocycles. The standard InChI is InChI=1S/C26H38N2O/c1-7-21-11-10-12-22(8-2)26(21)24-14-25(29-9-3)23(20(6)27-24)17-28-15-18(4)13-19(5)16-28/h10-12,14,18-19H,7-9,13,15-17H2,1-6H3/t18-,19-/m0/s1. The molecule has 2 atom stereocenters. The molecule has 0 unspecified atom stereocenters. The van der Waals surface area contributed by atoms with Gasteiger partial charge in [-0.2, -0.15) is 0 Å². The lowest BCUT2D eigenvalue weighted by Gasteiger charge is -2.35. The van der Waals surface area contributed by atoms with Gasteiger partial charge in [0.25, 0.3) is 0 Å². The van der Waals surface area contributed by atoms with E-state index in [1.807, 2.05) is 0 Å². The molecule has 0 N–H and O–H groups in total. The molecule has 3 rings (SSSR count). The highest BCUT2D eigenvalue weighted by atomic mass is 16.5. The molecular formula is C26H38N2O. The van der Waals surface area contributed by atoms with Gasteiger partial charge in [0.15, 0.2) is 0 Å². The molecule has 0 spiro atoms. The monoisotopic (exact) mass is 394 g/mol. The summed E-state index contributed by atoms with van der Waals surface area (Å²) < 4.78 is 6.16. The van der Waals surface area contributed by atoms with Crippen molar-refractivity contribution in [2.75, 3.05) is 19.7 Å². The molecule has 0 aliphatic carbocycles. The average molecular weight is 395 g/mol. The first-order valence-corrected chi connectivity index (χ1v) is 11.4. The minimum Gasteiger partial charge on any atom is -0.493 e. The number of aromatic nitrogens is 1. The molecule has 3 heteroatoms. The Morgan fingerprint density at radius 2 is 1.66 bits per heavy atom. The zero-order chi connectivity index (χ0) is 21.0. The van der Waals surface area contributed by atoms with Gasteiger partial charge in [-0.25, -0.2) is 0 Å². The maximum absolute atomic E-state index is 6.16. The molecule has 1 aliphatic rings. The maximum Gasteiger partial charge on any atom is 0.127 e. The van der Waals surface area contributed by atoms with Crippen LogP contribution in [0.15, 0.2) is 24.3 Å². The van der Waals surface area contributed by atoms with E-state index >= 15 is 0 Å². The second-order valence-electron chi connectivity index (χ2n) is 8.80. The predicted octanol–water partition coefficient (Wildman–Crippen LogP) is 6.06. The van der Waals surface area contributed by atoms with E-state index in [0.717, 1.165) is 61.4 Å². The lowest BCUT2D eigenvalue weighted by Crippen LogP contribution is -2.38. The fourth-order valence-electron chi connectivity index (χ4n) is 4.99. The van der Waals surface area contributed by atoms with Crippen LogP contribution >= 0.6 is 0 Å². The van der Waals surface area contributed by atoms with Crippen molar-refractivity contribution in [3.05, 3.63) is 46.6 Å². The largest absolute Gasteiger partial charge is 0.493 e. The van der Waals surface area contributed by atoms with Crippen molar-refractivity contribution in [2.24, 2.45) is 11.8 Å². The van der Waals surface area contributed by atoms with Gasteiger partial charge in [-0.05, 0) is 56.1 Å². The zero-order valence-electron chi connectivity index (χ0n) is 19.2. The van der Waals surface area contributed by atoms with Crippen LogP contribution in [0.4, 0.5) is 0 Å². The van der Waals surface area contributed by atoms with E-state index in [2.05, 4.69) is 70.7 Å². The summed E-state index contributed by atoms with van der Waals surface area (Å²) in [5, 5.41) is 0. The summed E-state index contributed by atoms with van der Waals surface area (Å²) in [6, 6.07) is 8.83. The van der Waals surface area contributed by atoms with Gasteiger partial charge in [-0.15, -0.1) is 0 Å². The van der Waals surface area contributed by atoms with Gasteiger partial charge in [-0.3, -0.25) is 9.88 Å². The molecule has 29 heavy (non-hydrogen) atoms. The molecule has 0 saturated carbocycles. The quantitative estimate of drug-likeness (QED) is 0.571. The first kappa shape index (κ1) is 21.8. The van der Waals surface area contributed by atoms with E-state index in [-0.39, 0.29) is 0 Å². The second-order valence-corrected chi connectivity index (χ2v) is 8.80. The lowest BCUT2D eigenvalue weighted by molar-refractivity contribution is 0.132. The predicted molar refractivity (Wildman–Crippen MR) is 123 cm³/mol. The Kier molecular flexibility index (Phi) is 7.34. The number of rotatable bonds is 7. The van der Waals surface area contributed by atoms with Gasteiger partial charge < -0.3 is 4.74 Å². The molecule has 1 fully saturated rings. The third-order valence-electron chi connectivity index (χ3n) is 6.17. The Bertz CT molecular complexity index is 797. The number of pyridine rings is 1. The normalized spacial score (nSPS) is 20.1. The Labute approximate surface area is 177 Å². The fourth-order valence-corrected chi connectivity index (χ4v) is 4.99. The first-order valence-electron chi connectivity index (χ1n) is 11.4. The van der Waals surface area contributed by atoms with E-state index in [4.69, 9.17) is 9.72 Å². The zero-order valence-corrected chi connectivity index (χ0v) is 19.2. The Balaban J connectivity index is 2.02. The SMILES string of the molecule is CCOc1cc(-c2c(CC)cccc2CC)nc(C)c1CN1C[C@@H](C)C[C@H](C)C1. The summed E-state index contributed by atoms with van der Waals surface area (Å²) in [5.74, 6) is 2.52. The summed E-state index contributed by atoms with van der Waals surface area (Å²) in [7, 11) is 0. The summed E-state index contributed by atoms with van der Waals surface area (Å²) in [4.78, 5) is 7.69. The van der Waals surface area contributed by atoms with Crippen molar-refractivity contribution in [3.8, 4) is 17.0 Å². The number of hydrogen-bond donors (Lipinski definition) is 0. The molecule has 2 aromatic rings. The highest BCUT2D eigenvalue weighted by molar-refractivity contribution is 5.70. The van der Waals surface area contributed by atoms with Crippen LogP contribution in [0.5, 0.6) is 5.75 Å². The number of piperidine rings is 1. The number of nitrogens with zero attached hydrogens (tertiary/aromatic N) is 2. The highest BCUT2D eigenvalue weighted by Crippen LogP contribution is 2.34. The highest BCUT2D eigenvalue weighted by Gasteiger charge is 2.24. The van der Waals surface area contributed by atoms with Crippen LogP contribution in [-0.4, -0.2) is 29.6 Å². The third kappa shape index (κ3) is 5.01. The van der Waals surface area contributed by atoms with Crippen LogP contribution in [0.25, 0.3) is 11.3 Å². The van der Waals surface area contributed by atoms with E-state index in [0.29, 0.717) is 6.61 Å². The van der Waals surface area contributed by atoms with Crippen LogP contribution in [0.1, 0.15) is 63.4 Å². The smallest absolute Gasteiger partial charge is 0.127 e. The molecule has 2 heterocycles. The van der Waals surface area contributed by atoms with Gasteiger partial charge in [-0.1, -0.05) is 45.9 Å². The van der Waals surface area contributed by atoms with E-state index in [9.17, 15) is 0 Å². The molecule has 1 saturated heterocycles. The minimum absolute atomic E-state index is 0.679. The van der Waals surface area contributed by atoms with Crippen LogP contribution < -0.4 is 4.74 Å². The van der Waals surface area contributed by atoms with Crippen LogP contribution in [0.2, 0.25) is 0 Å². The van der Waals surface area contributed by atoms with E-state index in [1.165, 1.54) is 28.7 Å². The van der Waals surface area contributed by atoms with Gasteiger partial charge in [0.1, 0.15) is 5.75 Å². The van der Waals surface area contributed by atoms with Crippen molar-refractivity contribution in [1.82, 2.24) is 9.88 Å². The number of benzene rings is 1. The van der Waals surface area contributed by atoms with Gasteiger partial charge in [0.05, 0.1) is 12.3 Å². The summed E-state index contributed by atoms with van der Waals surface area (Å²) >= 11 is 0. The number of aryl methyl sites for hydroxylation is 3. The van der Waals surface area contributed by atoms with E-state index in [1.54, 1.807) is 0 Å². The van der Waals surface area contributed by atoms with Crippen molar-refractivity contribution in [3.63, 3.8) is 0 Å². The van der Waals surface area contributed by atoms with E-state index < -0.39 is 0 Å². The molecular weight excluding hydrogens is 356 g/mol. The molecule has 1 aliphatic heterocycles. The van der Waals surface area contributed by atoms with Gasteiger partial charge >= 0.3 is 0 Å². The van der Waals surface area contributed by atoms with Gasteiger partial charge in [0, 0.05) is 42.5 Å². The van der Waals surface area contributed by atoms with Crippen molar-refractivity contribution >= 4 is 0 Å². The van der Waals surface area contributed by atoms with Crippen molar-refractivity contribution in [2.45, 2.75) is 67.3 Å². The van der Waals surface area contributed by atoms with Crippen molar-refractivity contribution < 1.29 is 4.74 Å². The molecule has 0 amide bonds. The number of hydrogen-bond acceptors (Lipinski definition) is 3. The second kappa shape index (κ2) is 9.75. The molecule has 158 valence electrons. The summed E-state index contributed by atoms with van der Waals surface area (Å²) in [5.41, 5.74) is 7.45. The minimum atomic E-state index is 0.679. The molecule has 1 aromatic carbocycles. The molecule has 0 radical (unpaired) electrons. The van der Waals surface area contributed by atoms with Crippen LogP contribution in [0, 0.1) is 18.8 Å². The summed E-state index contributed by atoms with van der Waals surface area (Å²) in [6.45, 7) is 17.3. The fraction of sp³-hybridized carbons (Fsp3) is 0.577. The Hall–Kier alpha value is -1.87.